The van der Waals surface area contributed by atoms with Crippen LogP contribution in [0.25, 0.3) is 0 Å². The average Bonchev–Trinajstić information content (AvgIpc) is 1.82. The molecule has 0 unspecified atom stereocenters. The van der Waals surface area contributed by atoms with Crippen molar-refractivity contribution in [2.24, 2.45) is 0 Å². The molecule has 0 saturated carbocycles. The summed E-state index contributed by atoms with van der Waals surface area (Å²) >= 11 is 0. The van der Waals surface area contributed by atoms with Crippen LogP contribution >= 0.6 is 0 Å². The van der Waals surface area contributed by atoms with E-state index in [-0.39, 0.29) is 11.4 Å². The van der Waals surface area contributed by atoms with Crippen LogP contribution in [-0.2, 0) is 4.79 Å². The van der Waals surface area contributed by atoms with Crippen molar-refractivity contribution in [1.82, 2.24) is 10.2 Å². The fraction of sp³-hybridized carbons (Fsp3) is 0.444. The van der Waals surface area contributed by atoms with Crippen molar-refractivity contribution in [3.63, 3.8) is 0 Å². The van der Waals surface area contributed by atoms with Crippen LogP contribution in [0.5, 0.6) is 0 Å². The molecule has 0 atom stereocenters. The number of hydrogen-bond donors (Lipinski definition) is 1. The van der Waals surface area contributed by atoms with Gasteiger partial charge in [0, 0.05) is 17.8 Å². The lowest BCUT2D eigenvalue weighted by molar-refractivity contribution is -0.128. The van der Waals surface area contributed by atoms with Gasteiger partial charge in [0.2, 0.25) is 0 Å². The minimum Gasteiger partial charge on any atom is -0.348 e. The van der Waals surface area contributed by atoms with E-state index in [0.717, 1.165) is 0 Å². The van der Waals surface area contributed by atoms with Gasteiger partial charge in [-0.15, -0.1) is 0 Å². The fourth-order valence-electron chi connectivity index (χ4n) is 1.22. The van der Waals surface area contributed by atoms with Crippen LogP contribution < -0.4 is 5.32 Å². The third kappa shape index (κ3) is 1.49. The van der Waals surface area contributed by atoms with E-state index in [9.17, 15) is 4.79 Å². The molecule has 1 rings (SSSR count). The van der Waals surface area contributed by atoms with E-state index in [4.69, 9.17) is 0 Å². The summed E-state index contributed by atoms with van der Waals surface area (Å²) in [4.78, 5) is 13.0. The Hall–Kier alpha value is -1.25. The van der Waals surface area contributed by atoms with Gasteiger partial charge in [-0.25, -0.2) is 0 Å². The number of carbonyl (C=O) groups excluding carboxylic acids is 1. The Balaban J connectivity index is 2.95. The summed E-state index contributed by atoms with van der Waals surface area (Å²) in [6.45, 7) is 9.66. The second-order valence-corrected chi connectivity index (χ2v) is 3.77. The Labute approximate surface area is 72.7 Å². The van der Waals surface area contributed by atoms with E-state index in [2.05, 4.69) is 11.9 Å². The van der Waals surface area contributed by atoms with Gasteiger partial charge in [0.25, 0.3) is 5.91 Å². The third-order valence-corrected chi connectivity index (χ3v) is 1.64. The van der Waals surface area contributed by atoms with Gasteiger partial charge in [0.1, 0.15) is 5.82 Å². The number of carbonyl (C=O) groups is 1. The quantitative estimate of drug-likeness (QED) is 0.586. The molecular formula is C9H14N2O. The molecule has 1 heterocycles. The summed E-state index contributed by atoms with van der Waals surface area (Å²) in [5.74, 6) is 0.612. The molecule has 66 valence electrons. The maximum Gasteiger partial charge on any atom is 0.254 e. The van der Waals surface area contributed by atoms with Gasteiger partial charge in [-0.2, -0.15) is 0 Å². The largest absolute Gasteiger partial charge is 0.348 e. The average molecular weight is 166 g/mol. The van der Waals surface area contributed by atoms with Crippen molar-refractivity contribution >= 4 is 5.91 Å². The zero-order valence-electron chi connectivity index (χ0n) is 7.72. The van der Waals surface area contributed by atoms with E-state index in [1.807, 2.05) is 20.8 Å². The minimum atomic E-state index is -0.216. The molecule has 1 amide bonds. The second-order valence-electron chi connectivity index (χ2n) is 3.77. The van der Waals surface area contributed by atoms with Crippen molar-refractivity contribution < 1.29 is 4.79 Å². The predicted molar refractivity (Wildman–Crippen MR) is 48.0 cm³/mol. The molecule has 0 aromatic heterocycles. The standard InChI is InChI=1S/C9H14N2O/c1-7-10-6-5-8(12)11(7)9(2,3)4/h5-6,10H,1H2,2-4H3. The summed E-state index contributed by atoms with van der Waals surface area (Å²) in [5.41, 5.74) is -0.216. The van der Waals surface area contributed by atoms with E-state index in [1.165, 1.54) is 6.08 Å². The Kier molecular flexibility index (Phi) is 1.96. The van der Waals surface area contributed by atoms with Crippen LogP contribution in [0.4, 0.5) is 0 Å². The van der Waals surface area contributed by atoms with Crippen LogP contribution in [0.15, 0.2) is 24.7 Å². The molecule has 0 saturated heterocycles. The number of amides is 1. The SMILES string of the molecule is C=C1NC=CC(=O)N1C(C)(C)C. The van der Waals surface area contributed by atoms with Crippen LogP contribution in [-0.4, -0.2) is 16.3 Å². The first-order valence-corrected chi connectivity index (χ1v) is 3.89. The van der Waals surface area contributed by atoms with Crippen molar-refractivity contribution in [2.45, 2.75) is 26.3 Å². The van der Waals surface area contributed by atoms with Gasteiger partial charge < -0.3 is 5.32 Å². The first kappa shape index (κ1) is 8.84. The number of nitrogens with zero attached hydrogens (tertiary/aromatic N) is 1. The van der Waals surface area contributed by atoms with Crippen LogP contribution in [0.2, 0.25) is 0 Å². The van der Waals surface area contributed by atoms with Gasteiger partial charge >= 0.3 is 0 Å². The number of hydrogen-bond acceptors (Lipinski definition) is 2. The van der Waals surface area contributed by atoms with Crippen LogP contribution in [0, 0.1) is 0 Å². The monoisotopic (exact) mass is 166 g/mol. The highest BCUT2D eigenvalue weighted by Crippen LogP contribution is 2.19. The van der Waals surface area contributed by atoms with E-state index in [0.29, 0.717) is 5.82 Å². The van der Waals surface area contributed by atoms with Crippen molar-refractivity contribution in [2.75, 3.05) is 0 Å². The molecule has 12 heavy (non-hydrogen) atoms. The molecule has 1 aliphatic rings. The summed E-state index contributed by atoms with van der Waals surface area (Å²) < 4.78 is 0. The van der Waals surface area contributed by atoms with Gasteiger partial charge in [0.05, 0.1) is 0 Å². The highest BCUT2D eigenvalue weighted by atomic mass is 16.2. The van der Waals surface area contributed by atoms with Crippen LogP contribution in [0.3, 0.4) is 0 Å². The van der Waals surface area contributed by atoms with Crippen molar-refractivity contribution in [1.29, 1.82) is 0 Å². The third-order valence-electron chi connectivity index (χ3n) is 1.64. The van der Waals surface area contributed by atoms with E-state index < -0.39 is 0 Å². The van der Waals surface area contributed by atoms with Crippen molar-refractivity contribution in [3.8, 4) is 0 Å². The lowest BCUT2D eigenvalue weighted by Crippen LogP contribution is -2.48. The number of nitrogens with one attached hydrogen (secondary N) is 1. The molecule has 3 heteroatoms. The molecule has 3 nitrogen and oxygen atoms in total. The first-order chi connectivity index (χ1) is 5.43. The lowest BCUT2D eigenvalue weighted by atomic mass is 10.1. The normalized spacial score (nSPS) is 18.1. The Bertz CT molecular complexity index is 248. The molecule has 0 fully saturated rings. The zero-order valence-corrected chi connectivity index (χ0v) is 7.72. The first-order valence-electron chi connectivity index (χ1n) is 3.89. The van der Waals surface area contributed by atoms with E-state index in [1.54, 1.807) is 11.1 Å². The molecule has 1 N–H and O–H groups in total. The summed E-state index contributed by atoms with van der Waals surface area (Å²) in [7, 11) is 0. The Morgan fingerprint density at radius 2 is 2.08 bits per heavy atom. The molecule has 0 spiro atoms. The van der Waals surface area contributed by atoms with Gasteiger partial charge in [0.15, 0.2) is 0 Å². The zero-order chi connectivity index (χ0) is 9.35. The fourth-order valence-corrected chi connectivity index (χ4v) is 1.22. The Morgan fingerprint density at radius 3 is 2.42 bits per heavy atom. The topological polar surface area (TPSA) is 32.3 Å². The predicted octanol–water partition coefficient (Wildman–Crippen LogP) is 1.20. The summed E-state index contributed by atoms with van der Waals surface area (Å²) in [6.07, 6.45) is 3.10. The van der Waals surface area contributed by atoms with Gasteiger partial charge in [-0.05, 0) is 20.8 Å². The maximum absolute atomic E-state index is 11.4. The highest BCUT2D eigenvalue weighted by molar-refractivity contribution is 5.90. The minimum absolute atomic E-state index is 0.0220. The molecular weight excluding hydrogens is 152 g/mol. The summed E-state index contributed by atoms with van der Waals surface area (Å²) in [6, 6.07) is 0. The highest BCUT2D eigenvalue weighted by Gasteiger charge is 2.28. The molecule has 1 aliphatic heterocycles. The summed E-state index contributed by atoms with van der Waals surface area (Å²) in [5, 5.41) is 2.90. The van der Waals surface area contributed by atoms with Gasteiger partial charge in [-0.1, -0.05) is 6.58 Å². The second kappa shape index (κ2) is 2.66. The van der Waals surface area contributed by atoms with Crippen molar-refractivity contribution in [3.05, 3.63) is 24.7 Å². The Morgan fingerprint density at radius 1 is 1.50 bits per heavy atom. The van der Waals surface area contributed by atoms with E-state index >= 15 is 0 Å². The molecule has 0 aromatic carbocycles. The van der Waals surface area contributed by atoms with Gasteiger partial charge in [-0.3, -0.25) is 9.69 Å². The smallest absolute Gasteiger partial charge is 0.254 e. The molecule has 0 radical (unpaired) electrons. The maximum atomic E-state index is 11.4. The molecule has 0 aromatic rings. The molecule has 0 bridgehead atoms. The number of rotatable bonds is 0. The van der Waals surface area contributed by atoms with Crippen LogP contribution in [0.1, 0.15) is 20.8 Å². The lowest BCUT2D eigenvalue weighted by Gasteiger charge is -2.37. The molecule has 0 aliphatic carbocycles.